The number of oxazole rings is 1. The second kappa shape index (κ2) is 5.60. The molecule has 0 aliphatic heterocycles. The number of ether oxygens (including phenoxy) is 1. The minimum absolute atomic E-state index is 0.607. The van der Waals surface area contributed by atoms with Crippen LogP contribution >= 0.6 is 0 Å². The van der Waals surface area contributed by atoms with E-state index in [4.69, 9.17) is 14.9 Å². The molecular weight excluding hydrogens is 204 g/mol. The van der Waals surface area contributed by atoms with Crippen molar-refractivity contribution in [1.29, 1.82) is 0 Å². The first-order chi connectivity index (χ1) is 7.81. The number of hydrogen-bond donors (Lipinski definition) is 1. The number of nitrogen functional groups attached to an aromatic ring is 1. The summed E-state index contributed by atoms with van der Waals surface area (Å²) in [5, 5.41) is 0. The third-order valence-corrected chi connectivity index (χ3v) is 1.95. The van der Waals surface area contributed by atoms with Crippen LogP contribution in [0.1, 0.15) is 0 Å². The van der Waals surface area contributed by atoms with Crippen molar-refractivity contribution in [3.05, 3.63) is 43.9 Å². The molecule has 16 heavy (non-hydrogen) atoms. The molecule has 2 aromatic rings. The van der Waals surface area contributed by atoms with Gasteiger partial charge in [-0.15, -0.1) is 13.2 Å². The van der Waals surface area contributed by atoms with Crippen LogP contribution in [0, 0.1) is 0 Å². The van der Waals surface area contributed by atoms with Crippen molar-refractivity contribution >= 4 is 5.69 Å². The number of benzene rings is 1. The van der Waals surface area contributed by atoms with Gasteiger partial charge in [0.15, 0.2) is 12.2 Å². The first kappa shape index (κ1) is 11.8. The third-order valence-electron chi connectivity index (χ3n) is 1.95. The Morgan fingerprint density at radius 3 is 2.69 bits per heavy atom. The number of rotatable bonds is 2. The quantitative estimate of drug-likeness (QED) is 0.622. The molecule has 0 saturated carbocycles. The Labute approximate surface area is 94.4 Å². The van der Waals surface area contributed by atoms with E-state index in [2.05, 4.69) is 18.1 Å². The zero-order valence-electron chi connectivity index (χ0n) is 9.14. The topological polar surface area (TPSA) is 61.3 Å². The third kappa shape index (κ3) is 2.42. The molecule has 0 aliphatic carbocycles. The maximum atomic E-state index is 5.68. The van der Waals surface area contributed by atoms with Crippen LogP contribution in [0.5, 0.6) is 5.75 Å². The summed E-state index contributed by atoms with van der Waals surface area (Å²) in [7, 11) is 1.58. The Morgan fingerprint density at radius 1 is 1.38 bits per heavy atom. The molecule has 0 radical (unpaired) electrons. The predicted molar refractivity (Wildman–Crippen MR) is 64.2 cm³/mol. The molecule has 0 unspecified atom stereocenters. The maximum Gasteiger partial charge on any atom is 0.181 e. The van der Waals surface area contributed by atoms with E-state index in [-0.39, 0.29) is 0 Å². The van der Waals surface area contributed by atoms with Gasteiger partial charge in [0.1, 0.15) is 5.75 Å². The highest BCUT2D eigenvalue weighted by molar-refractivity contribution is 5.65. The monoisotopic (exact) mass is 218 g/mol. The molecule has 1 aromatic heterocycles. The Balaban J connectivity index is 0.000000606. The van der Waals surface area contributed by atoms with Crippen LogP contribution in [0.2, 0.25) is 0 Å². The number of aromatic nitrogens is 1. The van der Waals surface area contributed by atoms with Gasteiger partial charge in [-0.3, -0.25) is 0 Å². The van der Waals surface area contributed by atoms with Gasteiger partial charge in [-0.25, -0.2) is 4.98 Å². The lowest BCUT2D eigenvalue weighted by molar-refractivity contribution is 0.417. The molecule has 2 rings (SSSR count). The van der Waals surface area contributed by atoms with Gasteiger partial charge in [0.05, 0.1) is 19.0 Å². The van der Waals surface area contributed by atoms with Crippen molar-refractivity contribution < 1.29 is 9.15 Å². The smallest absolute Gasteiger partial charge is 0.181 e. The average Bonchev–Trinajstić information content (AvgIpc) is 2.86. The van der Waals surface area contributed by atoms with Crippen molar-refractivity contribution in [3.63, 3.8) is 0 Å². The number of anilines is 1. The normalized spacial score (nSPS) is 9.06. The van der Waals surface area contributed by atoms with E-state index < -0.39 is 0 Å². The largest absolute Gasteiger partial charge is 0.495 e. The van der Waals surface area contributed by atoms with Gasteiger partial charge in [-0.05, 0) is 18.2 Å². The molecule has 0 atom stereocenters. The van der Waals surface area contributed by atoms with Crippen LogP contribution in [0.25, 0.3) is 11.3 Å². The summed E-state index contributed by atoms with van der Waals surface area (Å²) in [6.07, 6.45) is 3.03. The molecule has 0 fully saturated rings. The van der Waals surface area contributed by atoms with E-state index in [9.17, 15) is 0 Å². The number of methoxy groups -OCH3 is 1. The summed E-state index contributed by atoms with van der Waals surface area (Å²) < 4.78 is 10.2. The van der Waals surface area contributed by atoms with Crippen LogP contribution in [0.3, 0.4) is 0 Å². The van der Waals surface area contributed by atoms with Crippen molar-refractivity contribution in [3.8, 4) is 17.1 Å². The zero-order chi connectivity index (χ0) is 12.0. The van der Waals surface area contributed by atoms with Gasteiger partial charge in [-0.2, -0.15) is 0 Å². The lowest BCUT2D eigenvalue weighted by Gasteiger charge is -2.05. The van der Waals surface area contributed by atoms with Crippen LogP contribution in [0.4, 0.5) is 5.69 Å². The highest BCUT2D eigenvalue weighted by Gasteiger charge is 2.05. The van der Waals surface area contributed by atoms with Crippen molar-refractivity contribution in [2.45, 2.75) is 0 Å². The zero-order valence-corrected chi connectivity index (χ0v) is 9.14. The standard InChI is InChI=1S/C10H10N2O2.C2H4/c1-13-9-4-7(2-3-8(9)11)10-5-12-6-14-10;1-2/h2-6H,11H2,1H3;1-2H2. The number of hydrogen-bond acceptors (Lipinski definition) is 4. The Bertz CT molecular complexity index is 438. The Kier molecular flexibility index (Phi) is 4.15. The van der Waals surface area contributed by atoms with Gasteiger partial charge in [0.25, 0.3) is 0 Å². The van der Waals surface area contributed by atoms with Crippen LogP contribution in [-0.4, -0.2) is 12.1 Å². The molecule has 2 N–H and O–H groups in total. The minimum Gasteiger partial charge on any atom is -0.495 e. The van der Waals surface area contributed by atoms with Crippen molar-refractivity contribution in [2.75, 3.05) is 12.8 Å². The lowest BCUT2D eigenvalue weighted by Crippen LogP contribution is -1.91. The molecule has 4 heteroatoms. The molecule has 0 amide bonds. The van der Waals surface area contributed by atoms with E-state index in [1.165, 1.54) is 6.39 Å². The average molecular weight is 218 g/mol. The Hall–Kier alpha value is -2.23. The molecule has 1 heterocycles. The highest BCUT2D eigenvalue weighted by Crippen LogP contribution is 2.28. The summed E-state index contributed by atoms with van der Waals surface area (Å²) >= 11 is 0. The molecule has 0 saturated heterocycles. The lowest BCUT2D eigenvalue weighted by atomic mass is 10.1. The fourth-order valence-corrected chi connectivity index (χ4v) is 1.22. The maximum absolute atomic E-state index is 5.68. The fraction of sp³-hybridized carbons (Fsp3) is 0.0833. The van der Waals surface area contributed by atoms with Gasteiger partial charge in [0, 0.05) is 5.56 Å². The van der Waals surface area contributed by atoms with Gasteiger partial charge >= 0.3 is 0 Å². The van der Waals surface area contributed by atoms with E-state index in [1.807, 2.05) is 12.1 Å². The number of nitrogens with two attached hydrogens (primary N) is 1. The number of nitrogens with zero attached hydrogens (tertiary/aromatic N) is 1. The molecular formula is C12H14N2O2. The SMILES string of the molecule is C=C.COc1cc(-c2cnco2)ccc1N. The second-order valence-corrected chi connectivity index (χ2v) is 2.82. The van der Waals surface area contributed by atoms with E-state index in [0.717, 1.165) is 5.56 Å². The molecule has 0 spiro atoms. The molecule has 84 valence electrons. The second-order valence-electron chi connectivity index (χ2n) is 2.82. The van der Waals surface area contributed by atoms with Gasteiger partial charge < -0.3 is 14.9 Å². The fourth-order valence-electron chi connectivity index (χ4n) is 1.22. The van der Waals surface area contributed by atoms with Crippen molar-refractivity contribution in [1.82, 2.24) is 4.98 Å². The predicted octanol–water partition coefficient (Wildman–Crippen LogP) is 2.73. The van der Waals surface area contributed by atoms with E-state index in [1.54, 1.807) is 19.4 Å². The van der Waals surface area contributed by atoms with Crippen molar-refractivity contribution in [2.24, 2.45) is 0 Å². The van der Waals surface area contributed by atoms with E-state index in [0.29, 0.717) is 17.2 Å². The molecule has 1 aromatic carbocycles. The van der Waals surface area contributed by atoms with Crippen LogP contribution in [0.15, 0.2) is 48.4 Å². The van der Waals surface area contributed by atoms with Crippen LogP contribution < -0.4 is 10.5 Å². The Morgan fingerprint density at radius 2 is 2.12 bits per heavy atom. The molecule has 0 bridgehead atoms. The summed E-state index contributed by atoms with van der Waals surface area (Å²) in [4.78, 5) is 3.84. The van der Waals surface area contributed by atoms with Gasteiger partial charge in [0.2, 0.25) is 0 Å². The highest BCUT2D eigenvalue weighted by atomic mass is 16.5. The molecule has 0 aliphatic rings. The summed E-state index contributed by atoms with van der Waals surface area (Å²) in [6, 6.07) is 5.45. The summed E-state index contributed by atoms with van der Waals surface area (Å²) in [5.41, 5.74) is 7.19. The first-order valence-electron chi connectivity index (χ1n) is 4.63. The molecule has 4 nitrogen and oxygen atoms in total. The van der Waals surface area contributed by atoms with Gasteiger partial charge in [-0.1, -0.05) is 0 Å². The van der Waals surface area contributed by atoms with E-state index >= 15 is 0 Å². The van der Waals surface area contributed by atoms with Crippen LogP contribution in [-0.2, 0) is 0 Å². The minimum atomic E-state index is 0.607. The first-order valence-corrected chi connectivity index (χ1v) is 4.63. The summed E-state index contributed by atoms with van der Waals surface area (Å²) in [5.74, 6) is 1.34. The summed E-state index contributed by atoms with van der Waals surface area (Å²) in [6.45, 7) is 6.00.